The molecule has 3 heterocycles. The Morgan fingerprint density at radius 2 is 2.10 bits per heavy atom. The summed E-state index contributed by atoms with van der Waals surface area (Å²) >= 11 is 0. The zero-order chi connectivity index (χ0) is 20.6. The Labute approximate surface area is 171 Å². The first-order valence-corrected chi connectivity index (χ1v) is 10.5. The number of ether oxygens (including phenoxy) is 1. The van der Waals surface area contributed by atoms with Crippen LogP contribution in [0.5, 0.6) is 5.75 Å². The van der Waals surface area contributed by atoms with E-state index in [2.05, 4.69) is 23.2 Å². The first kappa shape index (κ1) is 19.9. The fourth-order valence-corrected chi connectivity index (χ4v) is 4.95. The maximum absolute atomic E-state index is 13.0. The van der Waals surface area contributed by atoms with Gasteiger partial charge < -0.3 is 14.5 Å². The monoisotopic (exact) mass is 399 g/mol. The smallest absolute Gasteiger partial charge is 0.254 e. The van der Waals surface area contributed by atoms with Crippen molar-refractivity contribution >= 4 is 18.2 Å². The molecule has 3 amide bonds. The van der Waals surface area contributed by atoms with E-state index in [4.69, 9.17) is 4.74 Å². The number of carbonyl (C=O) groups is 3. The summed E-state index contributed by atoms with van der Waals surface area (Å²) < 4.78 is 6.21. The van der Waals surface area contributed by atoms with Gasteiger partial charge in [-0.2, -0.15) is 0 Å². The Morgan fingerprint density at radius 3 is 2.79 bits per heavy atom. The Bertz CT molecular complexity index is 830. The molecule has 0 aliphatic carbocycles. The van der Waals surface area contributed by atoms with Crippen LogP contribution in [0, 0.1) is 0 Å². The molecule has 0 bridgehead atoms. The summed E-state index contributed by atoms with van der Waals surface area (Å²) in [6, 6.07) is 3.98. The van der Waals surface area contributed by atoms with Crippen molar-refractivity contribution in [1.82, 2.24) is 15.1 Å². The molecule has 7 heteroatoms. The van der Waals surface area contributed by atoms with Crippen molar-refractivity contribution in [3.63, 3.8) is 0 Å². The number of nitrogens with one attached hydrogen (secondary N) is 1. The number of hydrogen-bond acceptors (Lipinski definition) is 5. The van der Waals surface area contributed by atoms with Crippen LogP contribution in [0.15, 0.2) is 12.1 Å². The van der Waals surface area contributed by atoms with Gasteiger partial charge in [0.2, 0.25) is 12.3 Å². The molecule has 29 heavy (non-hydrogen) atoms. The van der Waals surface area contributed by atoms with E-state index in [0.29, 0.717) is 26.0 Å². The Kier molecular flexibility index (Phi) is 5.34. The fraction of sp³-hybridized carbons (Fsp3) is 0.591. The Balaban J connectivity index is 1.51. The molecule has 0 saturated carbocycles. The molecule has 156 valence electrons. The van der Waals surface area contributed by atoms with E-state index in [1.165, 1.54) is 5.56 Å². The predicted octanol–water partition coefficient (Wildman–Crippen LogP) is 1.83. The molecule has 1 aromatic rings. The summed E-state index contributed by atoms with van der Waals surface area (Å²) in [5.41, 5.74) is 3.05. The minimum absolute atomic E-state index is 0.00329. The number of likely N-dealkylation sites (tertiary alicyclic amines) is 1. The van der Waals surface area contributed by atoms with Gasteiger partial charge in [-0.1, -0.05) is 13.0 Å². The SMILES string of the molecule is CCN1CCC2(CC1)COc1c2ccc2c1CN(C(C)CCC(=O)NC=O)C2=O. The van der Waals surface area contributed by atoms with Gasteiger partial charge in [0, 0.05) is 34.6 Å². The molecule has 1 atom stereocenters. The van der Waals surface area contributed by atoms with Crippen molar-refractivity contribution in [2.45, 2.75) is 57.5 Å². The number of fused-ring (bicyclic) bond motifs is 4. The number of piperidine rings is 1. The van der Waals surface area contributed by atoms with Gasteiger partial charge in [-0.25, -0.2) is 0 Å². The molecular formula is C22H29N3O4. The van der Waals surface area contributed by atoms with Crippen LogP contribution in [0.3, 0.4) is 0 Å². The molecular weight excluding hydrogens is 370 g/mol. The summed E-state index contributed by atoms with van der Waals surface area (Å²) in [5.74, 6) is 0.589. The van der Waals surface area contributed by atoms with Crippen molar-refractivity contribution in [3.05, 3.63) is 28.8 Å². The minimum Gasteiger partial charge on any atom is -0.492 e. The summed E-state index contributed by atoms with van der Waals surface area (Å²) in [6.45, 7) is 8.62. The normalized spacial score (nSPS) is 20.9. The van der Waals surface area contributed by atoms with E-state index in [1.54, 1.807) is 0 Å². The fourth-order valence-electron chi connectivity index (χ4n) is 4.95. The predicted molar refractivity (Wildman–Crippen MR) is 108 cm³/mol. The van der Waals surface area contributed by atoms with E-state index in [0.717, 1.165) is 49.4 Å². The van der Waals surface area contributed by atoms with Gasteiger partial charge in [0.25, 0.3) is 5.91 Å². The number of benzene rings is 1. The molecule has 1 fully saturated rings. The summed E-state index contributed by atoms with van der Waals surface area (Å²) in [7, 11) is 0. The van der Waals surface area contributed by atoms with Crippen LogP contribution in [0.2, 0.25) is 0 Å². The zero-order valence-electron chi connectivity index (χ0n) is 17.2. The number of hydrogen-bond donors (Lipinski definition) is 1. The van der Waals surface area contributed by atoms with E-state index in [-0.39, 0.29) is 29.7 Å². The highest BCUT2D eigenvalue weighted by Gasteiger charge is 2.46. The van der Waals surface area contributed by atoms with E-state index < -0.39 is 0 Å². The zero-order valence-corrected chi connectivity index (χ0v) is 17.2. The van der Waals surface area contributed by atoms with Crippen molar-refractivity contribution in [2.75, 3.05) is 26.2 Å². The molecule has 1 saturated heterocycles. The van der Waals surface area contributed by atoms with Gasteiger partial charge in [-0.15, -0.1) is 0 Å². The average molecular weight is 399 g/mol. The third-order valence-corrected chi connectivity index (χ3v) is 6.95. The molecule has 1 aromatic carbocycles. The van der Waals surface area contributed by atoms with Crippen LogP contribution in [-0.4, -0.2) is 60.3 Å². The van der Waals surface area contributed by atoms with Gasteiger partial charge >= 0.3 is 0 Å². The number of imide groups is 1. The lowest BCUT2D eigenvalue weighted by molar-refractivity contribution is -0.125. The minimum atomic E-state index is -0.319. The quantitative estimate of drug-likeness (QED) is 0.739. The van der Waals surface area contributed by atoms with Crippen molar-refractivity contribution < 1.29 is 19.1 Å². The standard InChI is InChI=1S/C22H29N3O4/c1-3-24-10-8-22(9-11-24)13-29-20-17-12-25(15(2)4-7-19(27)23-14-26)21(28)16(17)5-6-18(20)22/h5-6,14-15H,3-4,7-13H2,1-2H3,(H,23,26,27). The highest BCUT2D eigenvalue weighted by Crippen LogP contribution is 2.49. The molecule has 3 aliphatic heterocycles. The number of carbonyl (C=O) groups excluding carboxylic acids is 3. The maximum Gasteiger partial charge on any atom is 0.254 e. The molecule has 1 N–H and O–H groups in total. The average Bonchev–Trinajstić information content (AvgIpc) is 3.26. The van der Waals surface area contributed by atoms with Crippen LogP contribution in [0.25, 0.3) is 0 Å². The second-order valence-corrected chi connectivity index (χ2v) is 8.48. The van der Waals surface area contributed by atoms with E-state index >= 15 is 0 Å². The second-order valence-electron chi connectivity index (χ2n) is 8.48. The lowest BCUT2D eigenvalue weighted by atomic mass is 9.74. The van der Waals surface area contributed by atoms with Gasteiger partial charge in [0.15, 0.2) is 0 Å². The van der Waals surface area contributed by atoms with Crippen LogP contribution in [0.1, 0.15) is 61.0 Å². The number of amides is 3. The molecule has 0 aromatic heterocycles. The van der Waals surface area contributed by atoms with Crippen LogP contribution in [-0.2, 0) is 21.5 Å². The largest absolute Gasteiger partial charge is 0.492 e. The molecule has 1 spiro atoms. The van der Waals surface area contributed by atoms with Crippen molar-refractivity contribution in [3.8, 4) is 5.75 Å². The molecule has 4 rings (SSSR count). The number of nitrogens with zero attached hydrogens (tertiary/aromatic N) is 2. The third kappa shape index (κ3) is 3.41. The highest BCUT2D eigenvalue weighted by molar-refractivity contribution is 5.99. The van der Waals surface area contributed by atoms with Crippen molar-refractivity contribution in [1.29, 1.82) is 0 Å². The summed E-state index contributed by atoms with van der Waals surface area (Å²) in [4.78, 5) is 39.2. The third-order valence-electron chi connectivity index (χ3n) is 6.95. The Hall–Kier alpha value is -2.41. The van der Waals surface area contributed by atoms with Gasteiger partial charge in [0.05, 0.1) is 13.2 Å². The summed E-state index contributed by atoms with van der Waals surface area (Å²) in [5, 5.41) is 2.15. The van der Waals surface area contributed by atoms with Crippen LogP contribution in [0.4, 0.5) is 0 Å². The number of rotatable bonds is 6. The lowest BCUT2D eigenvalue weighted by Crippen LogP contribution is -2.43. The highest BCUT2D eigenvalue weighted by atomic mass is 16.5. The van der Waals surface area contributed by atoms with Crippen LogP contribution >= 0.6 is 0 Å². The lowest BCUT2D eigenvalue weighted by Gasteiger charge is -2.38. The van der Waals surface area contributed by atoms with Crippen molar-refractivity contribution in [2.24, 2.45) is 0 Å². The summed E-state index contributed by atoms with van der Waals surface area (Å²) in [6.07, 6.45) is 3.30. The Morgan fingerprint density at radius 1 is 1.34 bits per heavy atom. The maximum atomic E-state index is 13.0. The first-order valence-electron chi connectivity index (χ1n) is 10.5. The topological polar surface area (TPSA) is 79.0 Å². The van der Waals surface area contributed by atoms with Gasteiger partial charge in [0.1, 0.15) is 5.75 Å². The molecule has 3 aliphatic rings. The molecule has 7 nitrogen and oxygen atoms in total. The van der Waals surface area contributed by atoms with Gasteiger partial charge in [-0.3, -0.25) is 19.7 Å². The molecule has 1 unspecified atom stereocenters. The van der Waals surface area contributed by atoms with Crippen LogP contribution < -0.4 is 10.1 Å². The van der Waals surface area contributed by atoms with E-state index in [1.807, 2.05) is 17.9 Å². The first-order chi connectivity index (χ1) is 14.0. The van der Waals surface area contributed by atoms with E-state index in [9.17, 15) is 14.4 Å². The second kappa shape index (κ2) is 7.78. The molecule has 0 radical (unpaired) electrons. The van der Waals surface area contributed by atoms with Gasteiger partial charge in [-0.05, 0) is 51.9 Å².